The van der Waals surface area contributed by atoms with Crippen molar-refractivity contribution >= 4 is 59.6 Å². The molecule has 1 atom stereocenters. The molecule has 0 radical (unpaired) electrons. The highest BCUT2D eigenvalue weighted by Gasteiger charge is 2.22. The maximum Gasteiger partial charge on any atom is 0.124 e. The SMILES string of the molecule is CCN1CCCC1CNCc1cc(Cl)ccc1OCc1ccc(Cl)cc1Cl.Cl.Cl. The van der Waals surface area contributed by atoms with Crippen molar-refractivity contribution in [2.24, 2.45) is 0 Å². The summed E-state index contributed by atoms with van der Waals surface area (Å²) < 4.78 is 6.03. The van der Waals surface area contributed by atoms with Crippen molar-refractivity contribution in [2.45, 2.75) is 39.0 Å². The third-order valence-electron chi connectivity index (χ3n) is 5.02. The molecular formula is C21H27Cl5N2O. The lowest BCUT2D eigenvalue weighted by Crippen LogP contribution is -2.37. The normalized spacial score (nSPS) is 16.2. The summed E-state index contributed by atoms with van der Waals surface area (Å²) in [5.74, 6) is 0.816. The Morgan fingerprint density at radius 2 is 1.76 bits per heavy atom. The highest BCUT2D eigenvalue weighted by molar-refractivity contribution is 6.35. The first-order chi connectivity index (χ1) is 13.1. The second kappa shape index (κ2) is 13.1. The van der Waals surface area contributed by atoms with E-state index in [1.54, 1.807) is 6.07 Å². The summed E-state index contributed by atoms with van der Waals surface area (Å²) >= 11 is 18.4. The van der Waals surface area contributed by atoms with Crippen LogP contribution >= 0.6 is 59.6 Å². The number of ether oxygens (including phenoxy) is 1. The van der Waals surface area contributed by atoms with Crippen LogP contribution in [0.25, 0.3) is 0 Å². The molecule has 162 valence electrons. The zero-order valence-electron chi connectivity index (χ0n) is 16.3. The van der Waals surface area contributed by atoms with E-state index >= 15 is 0 Å². The van der Waals surface area contributed by atoms with Gasteiger partial charge < -0.3 is 10.1 Å². The van der Waals surface area contributed by atoms with Gasteiger partial charge in [-0.3, -0.25) is 4.90 Å². The van der Waals surface area contributed by atoms with Crippen LogP contribution in [0.2, 0.25) is 15.1 Å². The number of halogens is 5. The molecule has 1 aliphatic rings. The lowest BCUT2D eigenvalue weighted by Gasteiger charge is -2.23. The average Bonchev–Trinajstić information content (AvgIpc) is 3.10. The second-order valence-corrected chi connectivity index (χ2v) is 8.11. The van der Waals surface area contributed by atoms with Crippen LogP contribution in [-0.4, -0.2) is 30.6 Å². The van der Waals surface area contributed by atoms with Crippen LogP contribution in [0.1, 0.15) is 30.9 Å². The molecule has 0 spiro atoms. The van der Waals surface area contributed by atoms with Gasteiger partial charge in [-0.25, -0.2) is 0 Å². The van der Waals surface area contributed by atoms with Crippen LogP contribution < -0.4 is 10.1 Å². The van der Waals surface area contributed by atoms with Gasteiger partial charge in [-0.15, -0.1) is 24.8 Å². The monoisotopic (exact) mass is 498 g/mol. The highest BCUT2D eigenvalue weighted by Crippen LogP contribution is 2.26. The predicted octanol–water partition coefficient (Wildman–Crippen LogP) is 6.64. The Morgan fingerprint density at radius 1 is 1.03 bits per heavy atom. The largest absolute Gasteiger partial charge is 0.489 e. The minimum atomic E-state index is 0. The van der Waals surface area contributed by atoms with Gasteiger partial charge in [0.2, 0.25) is 0 Å². The molecule has 0 aromatic heterocycles. The summed E-state index contributed by atoms with van der Waals surface area (Å²) in [6.07, 6.45) is 2.54. The maximum absolute atomic E-state index is 6.24. The molecule has 0 saturated carbocycles. The van der Waals surface area contributed by atoms with Crippen molar-refractivity contribution in [2.75, 3.05) is 19.6 Å². The smallest absolute Gasteiger partial charge is 0.124 e. The van der Waals surface area contributed by atoms with Gasteiger partial charge in [0.15, 0.2) is 0 Å². The Balaban J connectivity index is 0.00000210. The minimum absolute atomic E-state index is 0. The van der Waals surface area contributed by atoms with Crippen molar-refractivity contribution in [3.63, 3.8) is 0 Å². The van der Waals surface area contributed by atoms with Gasteiger partial charge >= 0.3 is 0 Å². The van der Waals surface area contributed by atoms with Crippen molar-refractivity contribution in [3.05, 3.63) is 62.6 Å². The Hall–Kier alpha value is -0.390. The van der Waals surface area contributed by atoms with Gasteiger partial charge in [0.25, 0.3) is 0 Å². The van der Waals surface area contributed by atoms with E-state index in [1.165, 1.54) is 19.4 Å². The molecule has 1 unspecified atom stereocenters. The van der Waals surface area contributed by atoms with E-state index in [0.29, 0.717) is 27.7 Å². The van der Waals surface area contributed by atoms with E-state index in [4.69, 9.17) is 39.5 Å². The molecular weight excluding hydrogens is 474 g/mol. The molecule has 1 saturated heterocycles. The van der Waals surface area contributed by atoms with Crippen LogP contribution in [0.4, 0.5) is 0 Å². The fourth-order valence-corrected chi connectivity index (χ4v) is 4.20. The van der Waals surface area contributed by atoms with Crippen LogP contribution in [0, 0.1) is 0 Å². The first kappa shape index (κ1) is 26.6. The van der Waals surface area contributed by atoms with Crippen LogP contribution in [0.3, 0.4) is 0 Å². The number of benzene rings is 2. The third kappa shape index (κ3) is 7.66. The van der Waals surface area contributed by atoms with E-state index in [9.17, 15) is 0 Å². The summed E-state index contributed by atoms with van der Waals surface area (Å²) in [7, 11) is 0. The number of likely N-dealkylation sites (N-methyl/N-ethyl adjacent to an activating group) is 1. The summed E-state index contributed by atoms with van der Waals surface area (Å²) in [6, 6.07) is 11.8. The van der Waals surface area contributed by atoms with Gasteiger partial charge in [-0.05, 0) is 56.3 Å². The van der Waals surface area contributed by atoms with Crippen LogP contribution in [-0.2, 0) is 13.2 Å². The first-order valence-corrected chi connectivity index (χ1v) is 10.5. The maximum atomic E-state index is 6.24. The number of nitrogens with one attached hydrogen (secondary N) is 1. The van der Waals surface area contributed by atoms with Crippen molar-refractivity contribution < 1.29 is 4.74 Å². The van der Waals surface area contributed by atoms with Crippen molar-refractivity contribution in [1.29, 1.82) is 0 Å². The molecule has 1 heterocycles. The number of likely N-dealkylation sites (tertiary alicyclic amines) is 1. The minimum Gasteiger partial charge on any atom is -0.489 e. The van der Waals surface area contributed by atoms with Gasteiger partial charge in [0, 0.05) is 45.3 Å². The Labute approximate surface area is 200 Å². The summed E-state index contributed by atoms with van der Waals surface area (Å²) in [6.45, 7) is 6.62. The summed E-state index contributed by atoms with van der Waals surface area (Å²) in [5.41, 5.74) is 1.95. The molecule has 1 aliphatic heterocycles. The van der Waals surface area contributed by atoms with Gasteiger partial charge in [-0.1, -0.05) is 47.8 Å². The second-order valence-electron chi connectivity index (χ2n) is 6.83. The van der Waals surface area contributed by atoms with E-state index in [1.807, 2.05) is 30.3 Å². The molecule has 3 nitrogen and oxygen atoms in total. The lowest BCUT2D eigenvalue weighted by molar-refractivity contribution is 0.259. The van der Waals surface area contributed by atoms with E-state index < -0.39 is 0 Å². The fraction of sp³-hybridized carbons (Fsp3) is 0.429. The Bertz CT molecular complexity index is 775. The zero-order valence-corrected chi connectivity index (χ0v) is 20.2. The van der Waals surface area contributed by atoms with E-state index in [-0.39, 0.29) is 24.8 Å². The predicted molar refractivity (Wildman–Crippen MR) is 129 cm³/mol. The standard InChI is InChI=1S/C21H25Cl3N2O.2ClH/c1-2-26-9-3-4-19(26)13-25-12-16-10-17(22)7-8-21(16)27-14-15-5-6-18(23)11-20(15)24;;/h5-8,10-11,19,25H,2-4,9,12-14H2,1H3;2*1H. The fourth-order valence-electron chi connectivity index (χ4n) is 3.54. The average molecular weight is 501 g/mol. The summed E-state index contributed by atoms with van der Waals surface area (Å²) in [4.78, 5) is 2.53. The number of hydrogen-bond donors (Lipinski definition) is 1. The summed E-state index contributed by atoms with van der Waals surface area (Å²) in [5, 5.41) is 5.50. The molecule has 2 aromatic rings. The van der Waals surface area contributed by atoms with E-state index in [2.05, 4.69) is 17.1 Å². The molecule has 0 amide bonds. The molecule has 1 N–H and O–H groups in total. The number of hydrogen-bond acceptors (Lipinski definition) is 3. The van der Waals surface area contributed by atoms with E-state index in [0.717, 1.165) is 36.5 Å². The topological polar surface area (TPSA) is 24.5 Å². The Morgan fingerprint density at radius 3 is 2.48 bits per heavy atom. The quantitative estimate of drug-likeness (QED) is 0.440. The molecule has 1 fully saturated rings. The van der Waals surface area contributed by atoms with Crippen molar-refractivity contribution in [1.82, 2.24) is 10.2 Å². The molecule has 8 heteroatoms. The molecule has 0 bridgehead atoms. The third-order valence-corrected chi connectivity index (χ3v) is 5.84. The molecule has 3 rings (SSSR count). The molecule has 0 aliphatic carbocycles. The molecule has 29 heavy (non-hydrogen) atoms. The van der Waals surface area contributed by atoms with Gasteiger partial charge in [0.05, 0.1) is 0 Å². The highest BCUT2D eigenvalue weighted by atomic mass is 35.5. The first-order valence-electron chi connectivity index (χ1n) is 9.36. The number of nitrogens with zero attached hydrogens (tertiary/aromatic N) is 1. The van der Waals surface area contributed by atoms with Crippen molar-refractivity contribution in [3.8, 4) is 5.75 Å². The Kier molecular flexibility index (Phi) is 12.0. The van der Waals surface area contributed by atoms with Gasteiger partial charge in [0.1, 0.15) is 12.4 Å². The number of rotatable bonds is 8. The van der Waals surface area contributed by atoms with Crippen LogP contribution in [0.5, 0.6) is 5.75 Å². The zero-order chi connectivity index (χ0) is 19.2. The van der Waals surface area contributed by atoms with Gasteiger partial charge in [-0.2, -0.15) is 0 Å². The molecule has 2 aromatic carbocycles. The van der Waals surface area contributed by atoms with Crippen LogP contribution in [0.15, 0.2) is 36.4 Å². The lowest BCUT2D eigenvalue weighted by atomic mass is 10.1.